The smallest absolute Gasteiger partial charge is 0.243 e. The number of hydrogen-bond donors (Lipinski definition) is 1. The van der Waals surface area contributed by atoms with Crippen LogP contribution in [0.1, 0.15) is 18.1 Å². The lowest BCUT2D eigenvalue weighted by Crippen LogP contribution is -2.39. The van der Waals surface area contributed by atoms with Crippen molar-refractivity contribution in [3.63, 3.8) is 0 Å². The van der Waals surface area contributed by atoms with Gasteiger partial charge in [-0.3, -0.25) is 9.59 Å². The average Bonchev–Trinajstić information content (AvgIpc) is 2.61. The Bertz CT molecular complexity index is 701. The van der Waals surface area contributed by atoms with E-state index >= 15 is 0 Å². The van der Waals surface area contributed by atoms with Crippen molar-refractivity contribution in [3.05, 3.63) is 65.7 Å². The second-order valence-corrected chi connectivity index (χ2v) is 7.38. The number of nitrogens with zero attached hydrogens (tertiary/aromatic N) is 1. The van der Waals surface area contributed by atoms with Gasteiger partial charge in [0.25, 0.3) is 0 Å². The van der Waals surface area contributed by atoms with E-state index in [1.54, 1.807) is 18.8 Å². The molecule has 2 amide bonds. The van der Waals surface area contributed by atoms with Crippen LogP contribution in [0.25, 0.3) is 0 Å². The van der Waals surface area contributed by atoms with Crippen molar-refractivity contribution >= 4 is 29.3 Å². The highest BCUT2D eigenvalue weighted by molar-refractivity contribution is 7.99. The molecule has 0 saturated heterocycles. The Morgan fingerprint density at radius 1 is 1.08 bits per heavy atom. The Morgan fingerprint density at radius 3 is 2.36 bits per heavy atom. The minimum absolute atomic E-state index is 0.0417. The molecule has 0 aliphatic heterocycles. The zero-order chi connectivity index (χ0) is 18.2. The summed E-state index contributed by atoms with van der Waals surface area (Å²) in [6.07, 6.45) is 0. The van der Waals surface area contributed by atoms with Crippen LogP contribution in [-0.2, 0) is 15.3 Å². The lowest BCUT2D eigenvalue weighted by molar-refractivity contribution is -0.132. The van der Waals surface area contributed by atoms with Crippen LogP contribution in [-0.4, -0.2) is 35.6 Å². The number of nitrogens with one attached hydrogen (secondary N) is 1. The molecule has 1 N–H and O–H groups in total. The molecule has 0 saturated carbocycles. The molecule has 132 valence electrons. The number of rotatable bonds is 7. The van der Waals surface area contributed by atoms with E-state index in [4.69, 9.17) is 0 Å². The molecule has 0 unspecified atom stereocenters. The van der Waals surface area contributed by atoms with Crippen molar-refractivity contribution in [1.29, 1.82) is 0 Å². The second-order valence-electron chi connectivity index (χ2n) is 6.05. The predicted molar refractivity (Wildman–Crippen MR) is 105 cm³/mol. The summed E-state index contributed by atoms with van der Waals surface area (Å²) < 4.78 is 0. The maximum Gasteiger partial charge on any atom is 0.243 e. The van der Waals surface area contributed by atoms with Crippen molar-refractivity contribution in [1.82, 2.24) is 4.90 Å². The lowest BCUT2D eigenvalue weighted by atomic mass is 10.2. The predicted octanol–water partition coefficient (Wildman–Crippen LogP) is 3.71. The molecule has 2 aromatic rings. The van der Waals surface area contributed by atoms with Gasteiger partial charge in [-0.15, -0.1) is 11.8 Å². The molecule has 0 aromatic heterocycles. The molecule has 25 heavy (non-hydrogen) atoms. The zero-order valence-corrected chi connectivity index (χ0v) is 15.7. The molecule has 0 aliphatic rings. The van der Waals surface area contributed by atoms with Gasteiger partial charge in [0.05, 0.1) is 11.8 Å². The van der Waals surface area contributed by atoms with E-state index in [1.165, 1.54) is 10.5 Å². The highest BCUT2D eigenvalue weighted by Crippen LogP contribution is 2.19. The monoisotopic (exact) mass is 356 g/mol. The summed E-state index contributed by atoms with van der Waals surface area (Å²) in [4.78, 5) is 26.0. The molecule has 0 spiro atoms. The normalized spacial score (nSPS) is 11.6. The molecule has 1 atom stereocenters. The first kappa shape index (κ1) is 19.1. The summed E-state index contributed by atoms with van der Waals surface area (Å²) in [5.41, 5.74) is 3.06. The molecule has 0 aliphatic carbocycles. The fraction of sp³-hybridized carbons (Fsp3) is 0.300. The number of carbonyl (C=O) groups excluding carboxylic acids is 2. The Labute approximate surface area is 153 Å². The topological polar surface area (TPSA) is 49.4 Å². The highest BCUT2D eigenvalue weighted by atomic mass is 32.2. The third-order valence-corrected chi connectivity index (χ3v) is 4.98. The summed E-state index contributed by atoms with van der Waals surface area (Å²) in [5.74, 6) is 0.539. The van der Waals surface area contributed by atoms with Gasteiger partial charge in [0.1, 0.15) is 0 Å². The molecule has 5 heteroatoms. The molecular formula is C20H24N2O2S. The zero-order valence-electron chi connectivity index (χ0n) is 14.9. The Morgan fingerprint density at radius 2 is 1.72 bits per heavy atom. The van der Waals surface area contributed by atoms with E-state index < -0.39 is 0 Å². The van der Waals surface area contributed by atoms with E-state index in [1.807, 2.05) is 68.4 Å². The van der Waals surface area contributed by atoms with Crippen LogP contribution in [0.3, 0.4) is 0 Å². The number of thioether (sulfide) groups is 1. The maximum atomic E-state index is 12.4. The average molecular weight is 356 g/mol. The number of carbonyl (C=O) groups is 2. The quantitative estimate of drug-likeness (QED) is 0.823. The molecule has 4 nitrogen and oxygen atoms in total. The fourth-order valence-corrected chi connectivity index (χ4v) is 3.27. The van der Waals surface area contributed by atoms with Crippen LogP contribution in [0.5, 0.6) is 0 Å². The van der Waals surface area contributed by atoms with Gasteiger partial charge in [0.15, 0.2) is 0 Å². The van der Waals surface area contributed by atoms with E-state index in [0.717, 1.165) is 17.0 Å². The van der Waals surface area contributed by atoms with Gasteiger partial charge in [0.2, 0.25) is 11.8 Å². The maximum absolute atomic E-state index is 12.4. The molecular weight excluding hydrogens is 332 g/mol. The second kappa shape index (κ2) is 9.28. The van der Waals surface area contributed by atoms with Crippen molar-refractivity contribution in [3.8, 4) is 0 Å². The minimum atomic E-state index is -0.197. The molecule has 0 radical (unpaired) electrons. The highest BCUT2D eigenvalue weighted by Gasteiger charge is 2.20. The molecule has 2 rings (SSSR count). The van der Waals surface area contributed by atoms with Crippen molar-refractivity contribution in [2.75, 3.05) is 18.9 Å². The number of amides is 2. The van der Waals surface area contributed by atoms with Crippen LogP contribution in [0.15, 0.2) is 54.6 Å². The van der Waals surface area contributed by atoms with E-state index in [0.29, 0.717) is 0 Å². The van der Waals surface area contributed by atoms with Crippen LogP contribution < -0.4 is 5.32 Å². The SMILES string of the molecule is Cc1ccc(NC(=O)CN(C)C(=O)[C@H](C)SCc2ccccc2)cc1. The van der Waals surface area contributed by atoms with Crippen LogP contribution in [0.4, 0.5) is 5.69 Å². The molecule has 0 heterocycles. The van der Waals surface area contributed by atoms with Gasteiger partial charge in [-0.05, 0) is 31.5 Å². The van der Waals surface area contributed by atoms with Gasteiger partial charge >= 0.3 is 0 Å². The third-order valence-electron chi connectivity index (χ3n) is 3.78. The number of anilines is 1. The summed E-state index contributed by atoms with van der Waals surface area (Å²) in [7, 11) is 1.66. The summed E-state index contributed by atoms with van der Waals surface area (Å²) in [5, 5.41) is 2.62. The lowest BCUT2D eigenvalue weighted by Gasteiger charge is -2.20. The largest absolute Gasteiger partial charge is 0.335 e. The van der Waals surface area contributed by atoms with E-state index in [-0.39, 0.29) is 23.6 Å². The minimum Gasteiger partial charge on any atom is -0.335 e. The molecule has 2 aromatic carbocycles. The number of benzene rings is 2. The Kier molecular flexibility index (Phi) is 7.07. The van der Waals surface area contributed by atoms with E-state index in [2.05, 4.69) is 5.32 Å². The Balaban J connectivity index is 1.80. The van der Waals surface area contributed by atoms with Crippen LogP contribution in [0, 0.1) is 6.92 Å². The van der Waals surface area contributed by atoms with Gasteiger partial charge in [-0.25, -0.2) is 0 Å². The van der Waals surface area contributed by atoms with E-state index in [9.17, 15) is 9.59 Å². The third kappa shape index (κ3) is 6.27. The summed E-state index contributed by atoms with van der Waals surface area (Å²) in [6.45, 7) is 3.92. The Hall–Kier alpha value is -2.27. The summed E-state index contributed by atoms with van der Waals surface area (Å²) >= 11 is 1.58. The van der Waals surface area contributed by atoms with Gasteiger partial charge in [-0.2, -0.15) is 0 Å². The molecule has 0 fully saturated rings. The fourth-order valence-electron chi connectivity index (χ4n) is 2.31. The number of hydrogen-bond acceptors (Lipinski definition) is 3. The molecule has 0 bridgehead atoms. The van der Waals surface area contributed by atoms with Crippen molar-refractivity contribution in [2.24, 2.45) is 0 Å². The van der Waals surface area contributed by atoms with Gasteiger partial charge in [0, 0.05) is 18.5 Å². The summed E-state index contributed by atoms with van der Waals surface area (Å²) in [6, 6.07) is 17.6. The van der Waals surface area contributed by atoms with Crippen LogP contribution >= 0.6 is 11.8 Å². The van der Waals surface area contributed by atoms with Gasteiger partial charge in [-0.1, -0.05) is 48.0 Å². The standard InChI is InChI=1S/C20H24N2O2S/c1-15-9-11-18(12-10-15)21-19(23)13-22(3)20(24)16(2)25-14-17-7-5-4-6-8-17/h4-12,16H,13-14H2,1-3H3,(H,21,23)/t16-/m0/s1. The van der Waals surface area contributed by atoms with Gasteiger partial charge < -0.3 is 10.2 Å². The first-order valence-corrected chi connectivity index (χ1v) is 9.27. The number of likely N-dealkylation sites (N-methyl/N-ethyl adjacent to an activating group) is 1. The van der Waals surface area contributed by atoms with Crippen molar-refractivity contribution in [2.45, 2.75) is 24.9 Å². The number of aryl methyl sites for hydroxylation is 1. The van der Waals surface area contributed by atoms with Crippen LogP contribution in [0.2, 0.25) is 0 Å². The first-order chi connectivity index (χ1) is 12.0. The van der Waals surface area contributed by atoms with Crippen molar-refractivity contribution < 1.29 is 9.59 Å². The first-order valence-electron chi connectivity index (χ1n) is 8.22.